The number of rotatable bonds is 7. The Balaban J connectivity index is 2.52. The molecule has 0 saturated carbocycles. The van der Waals surface area contributed by atoms with E-state index in [-0.39, 0.29) is 11.8 Å². The number of carbonyl (C=O) groups is 2. The second kappa shape index (κ2) is 7.94. The van der Waals surface area contributed by atoms with Gasteiger partial charge in [-0.15, -0.1) is 0 Å². The van der Waals surface area contributed by atoms with Crippen molar-refractivity contribution >= 4 is 11.8 Å². The van der Waals surface area contributed by atoms with Crippen molar-refractivity contribution in [1.82, 2.24) is 10.6 Å². The van der Waals surface area contributed by atoms with Crippen molar-refractivity contribution in [2.24, 2.45) is 0 Å². The average Bonchev–Trinajstić information content (AvgIpc) is 2.50. The number of methoxy groups -OCH3 is 2. The molecule has 6 nitrogen and oxygen atoms in total. The van der Waals surface area contributed by atoms with Crippen LogP contribution in [-0.2, 0) is 4.79 Å². The lowest BCUT2D eigenvalue weighted by atomic mass is 10.2. The quantitative estimate of drug-likeness (QED) is 0.583. The second-order valence-corrected chi connectivity index (χ2v) is 4.36. The number of amides is 2. The van der Waals surface area contributed by atoms with Crippen molar-refractivity contribution in [2.75, 3.05) is 27.3 Å². The van der Waals surface area contributed by atoms with E-state index in [1.165, 1.54) is 14.2 Å². The van der Waals surface area contributed by atoms with Gasteiger partial charge in [-0.25, -0.2) is 0 Å². The van der Waals surface area contributed by atoms with Crippen LogP contribution in [-0.4, -0.2) is 39.1 Å². The van der Waals surface area contributed by atoms with Gasteiger partial charge in [-0.05, 0) is 25.1 Å². The van der Waals surface area contributed by atoms with Crippen molar-refractivity contribution in [3.63, 3.8) is 0 Å². The van der Waals surface area contributed by atoms with Gasteiger partial charge in [0, 0.05) is 24.2 Å². The average molecular weight is 292 g/mol. The summed E-state index contributed by atoms with van der Waals surface area (Å²) in [4.78, 5) is 23.2. The van der Waals surface area contributed by atoms with Crippen LogP contribution < -0.4 is 20.1 Å². The topological polar surface area (TPSA) is 76.7 Å². The summed E-state index contributed by atoms with van der Waals surface area (Å²) >= 11 is 0. The van der Waals surface area contributed by atoms with Crippen LogP contribution in [0, 0.1) is 0 Å². The first-order valence-corrected chi connectivity index (χ1v) is 6.43. The normalized spacial score (nSPS) is 9.67. The fourth-order valence-corrected chi connectivity index (χ4v) is 1.58. The van der Waals surface area contributed by atoms with Crippen LogP contribution in [0.25, 0.3) is 0 Å². The van der Waals surface area contributed by atoms with E-state index in [1.807, 2.05) is 0 Å². The molecule has 0 aliphatic carbocycles. The molecule has 0 aliphatic heterocycles. The molecular weight excluding hydrogens is 272 g/mol. The molecule has 1 rings (SSSR count). The first kappa shape index (κ1) is 16.6. The van der Waals surface area contributed by atoms with Crippen LogP contribution in [0.1, 0.15) is 17.3 Å². The van der Waals surface area contributed by atoms with E-state index >= 15 is 0 Å². The lowest BCUT2D eigenvalue weighted by molar-refractivity contribution is -0.117. The molecule has 0 aliphatic rings. The summed E-state index contributed by atoms with van der Waals surface area (Å²) in [6, 6.07) is 4.90. The molecule has 0 unspecified atom stereocenters. The summed E-state index contributed by atoms with van der Waals surface area (Å²) in [5.74, 6) is 0.569. The predicted octanol–water partition coefficient (Wildman–Crippen LogP) is 1.13. The number of nitrogens with one attached hydrogen (secondary N) is 2. The summed E-state index contributed by atoms with van der Waals surface area (Å²) in [5, 5.41) is 5.33. The van der Waals surface area contributed by atoms with E-state index in [1.54, 1.807) is 25.1 Å². The molecule has 1 aromatic rings. The molecule has 0 fully saturated rings. The fraction of sp³-hybridized carbons (Fsp3) is 0.333. The van der Waals surface area contributed by atoms with Crippen LogP contribution in [0.2, 0.25) is 0 Å². The molecule has 6 heteroatoms. The highest BCUT2D eigenvalue weighted by Gasteiger charge is 2.10. The van der Waals surface area contributed by atoms with E-state index in [0.29, 0.717) is 35.7 Å². The van der Waals surface area contributed by atoms with E-state index in [0.717, 1.165) is 0 Å². The Morgan fingerprint density at radius 3 is 2.29 bits per heavy atom. The lowest BCUT2D eigenvalue weighted by Crippen LogP contribution is -2.34. The SMILES string of the molecule is C=C(C)C(=O)NCCNC(=O)c1ccc(OC)c(OC)c1. The minimum atomic E-state index is -0.250. The van der Waals surface area contributed by atoms with Crippen molar-refractivity contribution in [3.8, 4) is 11.5 Å². The van der Waals surface area contributed by atoms with Gasteiger partial charge in [0.2, 0.25) is 5.91 Å². The van der Waals surface area contributed by atoms with Gasteiger partial charge in [0.25, 0.3) is 5.91 Å². The van der Waals surface area contributed by atoms with Gasteiger partial charge in [0.05, 0.1) is 14.2 Å². The first-order chi connectivity index (χ1) is 9.99. The Morgan fingerprint density at radius 1 is 1.10 bits per heavy atom. The molecule has 2 amide bonds. The van der Waals surface area contributed by atoms with Crippen molar-refractivity contribution in [3.05, 3.63) is 35.9 Å². The Morgan fingerprint density at radius 2 is 1.71 bits per heavy atom. The maximum atomic E-state index is 12.0. The molecule has 0 radical (unpaired) electrons. The number of hydrogen-bond donors (Lipinski definition) is 2. The summed E-state index contributed by atoms with van der Waals surface area (Å²) < 4.78 is 10.2. The van der Waals surface area contributed by atoms with Crippen LogP contribution in [0.3, 0.4) is 0 Å². The fourth-order valence-electron chi connectivity index (χ4n) is 1.58. The summed E-state index contributed by atoms with van der Waals surface area (Å²) in [6.45, 7) is 5.81. The van der Waals surface area contributed by atoms with Gasteiger partial charge in [-0.1, -0.05) is 6.58 Å². The molecule has 0 atom stereocenters. The number of carbonyl (C=O) groups excluding carboxylic acids is 2. The predicted molar refractivity (Wildman–Crippen MR) is 79.7 cm³/mol. The Labute approximate surface area is 124 Å². The van der Waals surface area contributed by atoms with E-state index in [9.17, 15) is 9.59 Å². The lowest BCUT2D eigenvalue weighted by Gasteiger charge is -2.10. The standard InChI is InChI=1S/C15H20N2O4/c1-10(2)14(18)16-7-8-17-15(19)11-5-6-12(20-3)13(9-11)21-4/h5-6,9H,1,7-8H2,2-4H3,(H,16,18)(H,17,19). The molecule has 0 spiro atoms. The van der Waals surface area contributed by atoms with Crippen molar-refractivity contribution < 1.29 is 19.1 Å². The monoisotopic (exact) mass is 292 g/mol. The Bertz CT molecular complexity index is 540. The molecule has 0 heterocycles. The third-order valence-electron chi connectivity index (χ3n) is 2.73. The minimum Gasteiger partial charge on any atom is -0.493 e. The second-order valence-electron chi connectivity index (χ2n) is 4.36. The first-order valence-electron chi connectivity index (χ1n) is 6.43. The van der Waals surface area contributed by atoms with E-state index in [4.69, 9.17) is 9.47 Å². The van der Waals surface area contributed by atoms with Gasteiger partial charge in [0.15, 0.2) is 11.5 Å². The van der Waals surface area contributed by atoms with Gasteiger partial charge < -0.3 is 20.1 Å². The Hall–Kier alpha value is -2.50. The van der Waals surface area contributed by atoms with Gasteiger partial charge in [-0.3, -0.25) is 9.59 Å². The van der Waals surface area contributed by atoms with Crippen molar-refractivity contribution in [1.29, 1.82) is 0 Å². The molecule has 0 aromatic heterocycles. The van der Waals surface area contributed by atoms with E-state index in [2.05, 4.69) is 17.2 Å². The highest BCUT2D eigenvalue weighted by atomic mass is 16.5. The smallest absolute Gasteiger partial charge is 0.251 e. The maximum absolute atomic E-state index is 12.0. The highest BCUT2D eigenvalue weighted by molar-refractivity contribution is 5.95. The number of hydrogen-bond acceptors (Lipinski definition) is 4. The minimum absolute atomic E-state index is 0.227. The zero-order valence-corrected chi connectivity index (χ0v) is 12.5. The molecule has 0 saturated heterocycles. The number of ether oxygens (including phenoxy) is 2. The molecule has 1 aromatic carbocycles. The molecule has 0 bridgehead atoms. The third-order valence-corrected chi connectivity index (χ3v) is 2.73. The Kier molecular flexibility index (Phi) is 6.26. The molecule has 2 N–H and O–H groups in total. The summed E-state index contributed by atoms with van der Waals surface area (Å²) in [5.41, 5.74) is 0.889. The van der Waals surface area contributed by atoms with Crippen LogP contribution in [0.5, 0.6) is 11.5 Å². The van der Waals surface area contributed by atoms with E-state index < -0.39 is 0 Å². The highest BCUT2D eigenvalue weighted by Crippen LogP contribution is 2.27. The van der Waals surface area contributed by atoms with Crippen molar-refractivity contribution in [2.45, 2.75) is 6.92 Å². The van der Waals surface area contributed by atoms with Crippen LogP contribution >= 0.6 is 0 Å². The largest absolute Gasteiger partial charge is 0.493 e. The number of benzene rings is 1. The third kappa shape index (κ3) is 4.83. The van der Waals surface area contributed by atoms with Gasteiger partial charge in [0.1, 0.15) is 0 Å². The molecule has 21 heavy (non-hydrogen) atoms. The van der Waals surface area contributed by atoms with Gasteiger partial charge >= 0.3 is 0 Å². The molecule has 114 valence electrons. The van der Waals surface area contributed by atoms with Crippen LogP contribution in [0.15, 0.2) is 30.4 Å². The van der Waals surface area contributed by atoms with Crippen LogP contribution in [0.4, 0.5) is 0 Å². The van der Waals surface area contributed by atoms with Gasteiger partial charge in [-0.2, -0.15) is 0 Å². The maximum Gasteiger partial charge on any atom is 0.251 e. The molecular formula is C15H20N2O4. The summed E-state index contributed by atoms with van der Waals surface area (Å²) in [6.07, 6.45) is 0. The zero-order valence-electron chi connectivity index (χ0n) is 12.5. The summed E-state index contributed by atoms with van der Waals surface area (Å²) in [7, 11) is 3.04. The zero-order chi connectivity index (χ0) is 15.8.